The molecule has 3 nitrogen and oxygen atoms in total. The van der Waals surface area contributed by atoms with Gasteiger partial charge >= 0.3 is 0 Å². The van der Waals surface area contributed by atoms with Gasteiger partial charge in [0.15, 0.2) is 0 Å². The highest BCUT2D eigenvalue weighted by molar-refractivity contribution is 8.01. The van der Waals surface area contributed by atoms with Crippen molar-refractivity contribution >= 4 is 28.8 Å². The molecule has 2 aromatic rings. The number of hydrogen-bond donors (Lipinski definition) is 1. The number of rotatable bonds is 2. The molecule has 0 spiro atoms. The molecule has 3 rings (SSSR count). The number of thioether (sulfide) groups is 1. The van der Waals surface area contributed by atoms with Crippen molar-refractivity contribution in [3.8, 4) is 0 Å². The SMILES string of the molecule is C[C@H]1CC(Nc2cncnc2)c2ccsc2S1. The molecule has 2 atom stereocenters. The zero-order valence-corrected chi connectivity index (χ0v) is 11.1. The highest BCUT2D eigenvalue weighted by Crippen LogP contribution is 2.44. The third-order valence-corrected chi connectivity index (χ3v) is 5.16. The summed E-state index contributed by atoms with van der Waals surface area (Å²) < 4.78 is 1.44. The maximum atomic E-state index is 4.04. The van der Waals surface area contributed by atoms with E-state index < -0.39 is 0 Å². The maximum absolute atomic E-state index is 4.04. The van der Waals surface area contributed by atoms with Crippen molar-refractivity contribution in [2.24, 2.45) is 0 Å². The number of anilines is 1. The molecule has 1 N–H and O–H groups in total. The topological polar surface area (TPSA) is 37.8 Å². The van der Waals surface area contributed by atoms with E-state index in [0.29, 0.717) is 11.3 Å². The molecule has 0 bridgehead atoms. The van der Waals surface area contributed by atoms with Gasteiger partial charge in [0.05, 0.1) is 28.3 Å². The number of thiophene rings is 1. The molecule has 0 aromatic carbocycles. The summed E-state index contributed by atoms with van der Waals surface area (Å²) in [5.74, 6) is 0. The van der Waals surface area contributed by atoms with Crippen LogP contribution in [0.2, 0.25) is 0 Å². The summed E-state index contributed by atoms with van der Waals surface area (Å²) in [7, 11) is 0. The fourth-order valence-electron chi connectivity index (χ4n) is 2.06. The van der Waals surface area contributed by atoms with E-state index in [1.807, 2.05) is 35.5 Å². The van der Waals surface area contributed by atoms with Crippen molar-refractivity contribution in [2.75, 3.05) is 5.32 Å². The van der Waals surface area contributed by atoms with E-state index in [2.05, 4.69) is 33.7 Å². The molecule has 1 aliphatic rings. The second kappa shape index (κ2) is 4.66. The summed E-state index contributed by atoms with van der Waals surface area (Å²) in [6, 6.07) is 2.61. The van der Waals surface area contributed by atoms with E-state index in [4.69, 9.17) is 0 Å². The summed E-state index contributed by atoms with van der Waals surface area (Å²) in [5.41, 5.74) is 2.41. The van der Waals surface area contributed by atoms with Crippen molar-refractivity contribution in [1.29, 1.82) is 0 Å². The first-order valence-electron chi connectivity index (χ1n) is 5.58. The molecule has 5 heteroatoms. The first kappa shape index (κ1) is 11.0. The lowest BCUT2D eigenvalue weighted by Gasteiger charge is -2.28. The highest BCUT2D eigenvalue weighted by atomic mass is 32.2. The van der Waals surface area contributed by atoms with Crippen LogP contribution in [0, 0.1) is 0 Å². The van der Waals surface area contributed by atoms with Crippen LogP contribution in [-0.2, 0) is 0 Å². The van der Waals surface area contributed by atoms with Gasteiger partial charge in [-0.2, -0.15) is 0 Å². The van der Waals surface area contributed by atoms with Gasteiger partial charge in [-0.05, 0) is 23.4 Å². The predicted molar refractivity (Wildman–Crippen MR) is 72.7 cm³/mol. The van der Waals surface area contributed by atoms with E-state index in [1.54, 1.807) is 6.33 Å². The minimum Gasteiger partial charge on any atom is -0.376 e. The fourth-order valence-corrected chi connectivity index (χ4v) is 4.63. The normalized spacial score (nSPS) is 23.1. The van der Waals surface area contributed by atoms with Crippen molar-refractivity contribution < 1.29 is 0 Å². The molecule has 3 heterocycles. The van der Waals surface area contributed by atoms with Crippen LogP contribution in [0.3, 0.4) is 0 Å². The van der Waals surface area contributed by atoms with Gasteiger partial charge in [0.1, 0.15) is 6.33 Å². The number of fused-ring (bicyclic) bond motifs is 1. The van der Waals surface area contributed by atoms with E-state index in [-0.39, 0.29) is 0 Å². The van der Waals surface area contributed by atoms with E-state index in [9.17, 15) is 0 Å². The summed E-state index contributed by atoms with van der Waals surface area (Å²) >= 11 is 3.82. The Hall–Kier alpha value is -1.07. The Morgan fingerprint density at radius 1 is 1.35 bits per heavy atom. The molecular weight excluding hydrogens is 250 g/mol. The minimum atomic E-state index is 0.387. The standard InChI is InChI=1S/C12H13N3S2/c1-8-4-11(10-2-3-16-12(10)17-8)15-9-5-13-7-14-6-9/h2-3,5-8,11,15H,4H2,1H3/t8-,11?/m0/s1. The maximum Gasteiger partial charge on any atom is 0.115 e. The van der Waals surface area contributed by atoms with Gasteiger partial charge in [-0.1, -0.05) is 6.92 Å². The quantitative estimate of drug-likeness (QED) is 0.898. The molecular formula is C12H13N3S2. The van der Waals surface area contributed by atoms with Gasteiger partial charge in [-0.3, -0.25) is 0 Å². The zero-order chi connectivity index (χ0) is 11.7. The van der Waals surface area contributed by atoms with Gasteiger partial charge in [-0.25, -0.2) is 9.97 Å². The van der Waals surface area contributed by atoms with Crippen LogP contribution in [0.1, 0.15) is 24.9 Å². The molecule has 0 aliphatic carbocycles. The van der Waals surface area contributed by atoms with Crippen LogP contribution in [0.4, 0.5) is 5.69 Å². The molecule has 0 radical (unpaired) electrons. The molecule has 88 valence electrons. The van der Waals surface area contributed by atoms with Crippen LogP contribution < -0.4 is 5.32 Å². The highest BCUT2D eigenvalue weighted by Gasteiger charge is 2.26. The Kier molecular flexibility index (Phi) is 3.03. The third-order valence-electron chi connectivity index (χ3n) is 2.81. The van der Waals surface area contributed by atoms with Gasteiger partial charge in [0, 0.05) is 5.25 Å². The Morgan fingerprint density at radius 3 is 3.00 bits per heavy atom. The molecule has 0 amide bonds. The van der Waals surface area contributed by atoms with Crippen LogP contribution in [0.15, 0.2) is 34.4 Å². The summed E-state index contributed by atoms with van der Waals surface area (Å²) in [6.07, 6.45) is 6.35. The van der Waals surface area contributed by atoms with Crippen molar-refractivity contribution in [3.63, 3.8) is 0 Å². The van der Waals surface area contributed by atoms with Crippen molar-refractivity contribution in [2.45, 2.75) is 28.8 Å². The minimum absolute atomic E-state index is 0.387. The average molecular weight is 263 g/mol. The Labute approximate surface area is 109 Å². The van der Waals surface area contributed by atoms with E-state index in [0.717, 1.165) is 12.1 Å². The van der Waals surface area contributed by atoms with Crippen LogP contribution >= 0.6 is 23.1 Å². The molecule has 2 aromatic heterocycles. The first-order chi connectivity index (χ1) is 8.33. The summed E-state index contributed by atoms with van der Waals surface area (Å²) in [6.45, 7) is 2.28. The smallest absolute Gasteiger partial charge is 0.115 e. The zero-order valence-electron chi connectivity index (χ0n) is 9.46. The first-order valence-corrected chi connectivity index (χ1v) is 7.34. The Morgan fingerprint density at radius 2 is 2.18 bits per heavy atom. The van der Waals surface area contributed by atoms with Gasteiger partial charge in [-0.15, -0.1) is 23.1 Å². The summed E-state index contributed by atoms with van der Waals surface area (Å²) in [4.78, 5) is 8.07. The number of aromatic nitrogens is 2. The van der Waals surface area contributed by atoms with Gasteiger partial charge < -0.3 is 5.32 Å². The van der Waals surface area contributed by atoms with Gasteiger partial charge in [0.25, 0.3) is 0 Å². The lowest BCUT2D eigenvalue weighted by Crippen LogP contribution is -2.19. The number of nitrogens with zero attached hydrogens (tertiary/aromatic N) is 2. The number of nitrogens with one attached hydrogen (secondary N) is 1. The van der Waals surface area contributed by atoms with Crippen LogP contribution in [0.5, 0.6) is 0 Å². The van der Waals surface area contributed by atoms with Crippen molar-refractivity contribution in [1.82, 2.24) is 9.97 Å². The lowest BCUT2D eigenvalue weighted by atomic mass is 10.0. The molecule has 1 unspecified atom stereocenters. The molecule has 17 heavy (non-hydrogen) atoms. The third kappa shape index (κ3) is 2.30. The lowest BCUT2D eigenvalue weighted by molar-refractivity contribution is 0.669. The van der Waals surface area contributed by atoms with E-state index >= 15 is 0 Å². The second-order valence-corrected chi connectivity index (χ2v) is 6.77. The number of hydrogen-bond acceptors (Lipinski definition) is 5. The average Bonchev–Trinajstić information content (AvgIpc) is 2.78. The molecule has 0 saturated carbocycles. The summed E-state index contributed by atoms with van der Waals surface area (Å²) in [5, 5.41) is 6.35. The van der Waals surface area contributed by atoms with E-state index in [1.165, 1.54) is 9.77 Å². The Balaban J connectivity index is 1.85. The largest absolute Gasteiger partial charge is 0.376 e. The fraction of sp³-hybridized carbons (Fsp3) is 0.333. The second-order valence-electron chi connectivity index (χ2n) is 4.15. The Bertz CT molecular complexity index is 497. The molecule has 1 aliphatic heterocycles. The van der Waals surface area contributed by atoms with Crippen LogP contribution in [-0.4, -0.2) is 15.2 Å². The molecule has 0 saturated heterocycles. The van der Waals surface area contributed by atoms with Gasteiger partial charge in [0.2, 0.25) is 0 Å². The van der Waals surface area contributed by atoms with Crippen molar-refractivity contribution in [3.05, 3.63) is 35.7 Å². The monoisotopic (exact) mass is 263 g/mol. The van der Waals surface area contributed by atoms with Crippen LogP contribution in [0.25, 0.3) is 0 Å². The molecule has 0 fully saturated rings. The predicted octanol–water partition coefficient (Wildman–Crippen LogP) is 3.58.